The normalized spacial score (nSPS) is 10.5. The minimum Gasteiger partial charge on any atom is -0.497 e. The molecule has 0 bridgehead atoms. The van der Waals surface area contributed by atoms with Gasteiger partial charge in [-0.1, -0.05) is 12.1 Å². The Bertz CT molecular complexity index is 302. The summed E-state index contributed by atoms with van der Waals surface area (Å²) in [4.78, 5) is 0. The molecule has 0 aliphatic carbocycles. The molecule has 0 atom stereocenters. The predicted octanol–water partition coefficient (Wildman–Crippen LogP) is 2.60. The lowest BCUT2D eigenvalue weighted by Crippen LogP contribution is -2.07. The number of unbranched alkanes of at least 4 members (excludes halogenated alkanes) is 2. The van der Waals surface area contributed by atoms with E-state index in [1.807, 2.05) is 25.2 Å². The van der Waals surface area contributed by atoms with Crippen molar-refractivity contribution < 1.29 is 9.47 Å². The fourth-order valence-corrected chi connectivity index (χ4v) is 1.63. The maximum Gasteiger partial charge on any atom is 0.119 e. The molecule has 0 saturated heterocycles. The van der Waals surface area contributed by atoms with Gasteiger partial charge < -0.3 is 14.8 Å². The molecule has 0 amide bonds. The van der Waals surface area contributed by atoms with Gasteiger partial charge in [-0.3, -0.25) is 0 Å². The van der Waals surface area contributed by atoms with Gasteiger partial charge in [-0.25, -0.2) is 0 Å². The Kier molecular flexibility index (Phi) is 7.43. The number of hydrogen-bond donors (Lipinski definition) is 1. The minimum absolute atomic E-state index is 0.670. The molecular weight excluding hydrogens is 214 g/mol. The monoisotopic (exact) mass is 237 g/mol. The minimum atomic E-state index is 0.670. The summed E-state index contributed by atoms with van der Waals surface area (Å²) in [6.07, 6.45) is 3.57. The van der Waals surface area contributed by atoms with Crippen molar-refractivity contribution in [1.29, 1.82) is 0 Å². The van der Waals surface area contributed by atoms with Crippen molar-refractivity contribution in [3.63, 3.8) is 0 Å². The third-order valence-electron chi connectivity index (χ3n) is 2.62. The third-order valence-corrected chi connectivity index (χ3v) is 2.62. The first kappa shape index (κ1) is 14.0. The molecule has 0 aromatic heterocycles. The van der Waals surface area contributed by atoms with Gasteiger partial charge in [0.2, 0.25) is 0 Å². The van der Waals surface area contributed by atoms with Crippen LogP contribution in [0.4, 0.5) is 0 Å². The lowest BCUT2D eigenvalue weighted by atomic mass is 10.2. The van der Waals surface area contributed by atoms with Crippen LogP contribution < -0.4 is 10.1 Å². The van der Waals surface area contributed by atoms with Crippen molar-refractivity contribution >= 4 is 0 Å². The Hall–Kier alpha value is -1.06. The number of benzene rings is 1. The molecule has 1 aromatic carbocycles. The molecule has 0 unspecified atom stereocenters. The van der Waals surface area contributed by atoms with Crippen LogP contribution in [0.5, 0.6) is 5.75 Å². The Morgan fingerprint density at radius 3 is 2.82 bits per heavy atom. The molecule has 0 fully saturated rings. The number of rotatable bonds is 9. The average molecular weight is 237 g/mol. The van der Waals surface area contributed by atoms with Gasteiger partial charge in [-0.15, -0.1) is 0 Å². The van der Waals surface area contributed by atoms with Crippen LogP contribution in [0.1, 0.15) is 24.8 Å². The molecule has 1 N–H and O–H groups in total. The van der Waals surface area contributed by atoms with Crippen LogP contribution in [-0.4, -0.2) is 27.3 Å². The van der Waals surface area contributed by atoms with E-state index in [2.05, 4.69) is 11.4 Å². The summed E-state index contributed by atoms with van der Waals surface area (Å²) in [6, 6.07) is 8.01. The highest BCUT2D eigenvalue weighted by Gasteiger charge is 1.96. The Balaban J connectivity index is 2.09. The van der Waals surface area contributed by atoms with Crippen molar-refractivity contribution in [2.45, 2.75) is 25.9 Å². The molecule has 0 saturated carbocycles. The molecule has 3 heteroatoms. The van der Waals surface area contributed by atoms with Crippen molar-refractivity contribution in [2.75, 3.05) is 27.3 Å². The van der Waals surface area contributed by atoms with E-state index in [9.17, 15) is 0 Å². The van der Waals surface area contributed by atoms with Gasteiger partial charge in [-0.2, -0.15) is 0 Å². The largest absolute Gasteiger partial charge is 0.497 e. The first-order chi connectivity index (χ1) is 8.36. The first-order valence-corrected chi connectivity index (χ1v) is 6.22. The van der Waals surface area contributed by atoms with Crippen LogP contribution in [0.15, 0.2) is 24.3 Å². The van der Waals surface area contributed by atoms with Gasteiger partial charge in [0.15, 0.2) is 0 Å². The lowest BCUT2D eigenvalue weighted by Gasteiger charge is -2.06. The van der Waals surface area contributed by atoms with E-state index < -0.39 is 0 Å². The van der Waals surface area contributed by atoms with Gasteiger partial charge >= 0.3 is 0 Å². The fourth-order valence-electron chi connectivity index (χ4n) is 1.63. The van der Waals surface area contributed by atoms with E-state index in [1.54, 1.807) is 7.11 Å². The second-order valence-corrected chi connectivity index (χ2v) is 4.07. The lowest BCUT2D eigenvalue weighted by molar-refractivity contribution is 0.116. The second-order valence-electron chi connectivity index (χ2n) is 4.07. The maximum absolute atomic E-state index is 5.62. The zero-order valence-corrected chi connectivity index (χ0v) is 10.9. The summed E-state index contributed by atoms with van der Waals surface area (Å²) in [6.45, 7) is 2.60. The molecule has 0 heterocycles. The molecule has 1 rings (SSSR count). The topological polar surface area (TPSA) is 30.5 Å². The van der Waals surface area contributed by atoms with Crippen LogP contribution in [0, 0.1) is 0 Å². The zero-order valence-electron chi connectivity index (χ0n) is 10.9. The average Bonchev–Trinajstić information content (AvgIpc) is 2.38. The van der Waals surface area contributed by atoms with Crippen LogP contribution in [0.25, 0.3) is 0 Å². The van der Waals surface area contributed by atoms with Crippen LogP contribution in [0.2, 0.25) is 0 Å². The second kappa shape index (κ2) is 9.02. The van der Waals surface area contributed by atoms with Gasteiger partial charge in [0, 0.05) is 6.61 Å². The Morgan fingerprint density at radius 2 is 2.06 bits per heavy atom. The number of ether oxygens (including phenoxy) is 2. The molecule has 0 spiro atoms. The molecule has 3 nitrogen and oxygen atoms in total. The van der Waals surface area contributed by atoms with Gasteiger partial charge in [-0.05, 0) is 50.6 Å². The maximum atomic E-state index is 5.62. The first-order valence-electron chi connectivity index (χ1n) is 6.22. The van der Waals surface area contributed by atoms with Crippen LogP contribution in [-0.2, 0) is 11.3 Å². The zero-order chi connectivity index (χ0) is 12.3. The standard InChI is InChI=1S/C14H23NO2/c1-15-9-4-3-5-10-17-12-13-7-6-8-14(11-13)16-2/h6-8,11,15H,3-5,9-10,12H2,1-2H3. The van der Waals surface area contributed by atoms with E-state index in [1.165, 1.54) is 18.4 Å². The summed E-state index contributed by atoms with van der Waals surface area (Å²) < 4.78 is 10.8. The highest BCUT2D eigenvalue weighted by Crippen LogP contribution is 2.13. The molecule has 1 aromatic rings. The highest BCUT2D eigenvalue weighted by molar-refractivity contribution is 5.27. The number of hydrogen-bond acceptors (Lipinski definition) is 3. The molecule has 0 aliphatic rings. The van der Waals surface area contributed by atoms with Crippen LogP contribution in [0.3, 0.4) is 0 Å². The summed E-state index contributed by atoms with van der Waals surface area (Å²) >= 11 is 0. The van der Waals surface area contributed by atoms with Crippen LogP contribution >= 0.6 is 0 Å². The Morgan fingerprint density at radius 1 is 1.18 bits per heavy atom. The molecular formula is C14H23NO2. The van der Waals surface area contributed by atoms with Crippen molar-refractivity contribution in [3.8, 4) is 5.75 Å². The predicted molar refractivity (Wildman–Crippen MR) is 70.4 cm³/mol. The van der Waals surface area contributed by atoms with Gasteiger partial charge in [0.1, 0.15) is 5.75 Å². The SMILES string of the molecule is CNCCCCCOCc1cccc(OC)c1. The molecule has 17 heavy (non-hydrogen) atoms. The van der Waals surface area contributed by atoms with Crippen molar-refractivity contribution in [3.05, 3.63) is 29.8 Å². The summed E-state index contributed by atoms with van der Waals surface area (Å²) in [5.41, 5.74) is 1.17. The van der Waals surface area contributed by atoms with Crippen molar-refractivity contribution in [2.24, 2.45) is 0 Å². The number of methoxy groups -OCH3 is 1. The quantitative estimate of drug-likeness (QED) is 0.670. The van der Waals surface area contributed by atoms with Crippen molar-refractivity contribution in [1.82, 2.24) is 5.32 Å². The van der Waals surface area contributed by atoms with E-state index in [0.717, 1.165) is 25.3 Å². The highest BCUT2D eigenvalue weighted by atomic mass is 16.5. The molecule has 0 aliphatic heterocycles. The summed E-state index contributed by atoms with van der Waals surface area (Å²) in [5, 5.41) is 3.14. The number of nitrogens with one attached hydrogen (secondary N) is 1. The summed E-state index contributed by atoms with van der Waals surface area (Å²) in [5.74, 6) is 0.889. The van der Waals surface area contributed by atoms with Gasteiger partial charge in [0.25, 0.3) is 0 Å². The van der Waals surface area contributed by atoms with Gasteiger partial charge in [0.05, 0.1) is 13.7 Å². The molecule has 96 valence electrons. The summed E-state index contributed by atoms with van der Waals surface area (Å²) in [7, 11) is 3.67. The van der Waals surface area contributed by atoms with E-state index in [-0.39, 0.29) is 0 Å². The van der Waals surface area contributed by atoms with E-state index in [0.29, 0.717) is 6.61 Å². The Labute approximate surface area is 104 Å². The van der Waals surface area contributed by atoms with E-state index >= 15 is 0 Å². The molecule has 0 radical (unpaired) electrons. The van der Waals surface area contributed by atoms with E-state index in [4.69, 9.17) is 9.47 Å². The third kappa shape index (κ3) is 6.29. The smallest absolute Gasteiger partial charge is 0.119 e. The fraction of sp³-hybridized carbons (Fsp3) is 0.571.